The summed E-state index contributed by atoms with van der Waals surface area (Å²) in [4.78, 5) is 18.4. The minimum atomic E-state index is -0.278. The number of urea groups is 1. The van der Waals surface area contributed by atoms with Gasteiger partial charge in [0.2, 0.25) is 0 Å². The number of carbonyl (C=O) groups is 1. The summed E-state index contributed by atoms with van der Waals surface area (Å²) < 4.78 is 1.61. The maximum Gasteiger partial charge on any atom is 0.322 e. The number of nitrogens with one attached hydrogen (secondary N) is 1. The van der Waals surface area contributed by atoms with Gasteiger partial charge in [-0.2, -0.15) is 5.10 Å². The number of aliphatic hydroxyl groups is 1. The Morgan fingerprint density at radius 2 is 2.32 bits per heavy atom. The average molecular weight is 303 g/mol. The first kappa shape index (κ1) is 16.0. The van der Waals surface area contributed by atoms with Crippen LogP contribution in [0.1, 0.15) is 19.0 Å². The molecule has 2 amide bonds. The van der Waals surface area contributed by atoms with E-state index in [0.29, 0.717) is 18.7 Å². The molecule has 0 saturated heterocycles. The van der Waals surface area contributed by atoms with Gasteiger partial charge in [0.1, 0.15) is 0 Å². The van der Waals surface area contributed by atoms with Gasteiger partial charge in [-0.1, -0.05) is 13.0 Å². The first-order valence-corrected chi connectivity index (χ1v) is 7.21. The Balaban J connectivity index is 2.14. The van der Waals surface area contributed by atoms with Gasteiger partial charge >= 0.3 is 6.03 Å². The number of carbonyl (C=O) groups excluding carboxylic acids is 1. The van der Waals surface area contributed by atoms with Crippen LogP contribution in [-0.4, -0.2) is 43.5 Å². The zero-order valence-electron chi connectivity index (χ0n) is 12.8. The minimum absolute atomic E-state index is 0.0935. The van der Waals surface area contributed by atoms with Crippen LogP contribution in [0.5, 0.6) is 0 Å². The Bertz CT molecular complexity index is 595. The number of nitrogens with zero attached hydrogens (tertiary/aromatic N) is 4. The molecule has 2 aromatic heterocycles. The molecule has 0 aliphatic rings. The number of pyridine rings is 1. The summed E-state index contributed by atoms with van der Waals surface area (Å²) in [6.45, 7) is 2.18. The lowest BCUT2D eigenvalue weighted by Gasteiger charge is -2.29. The molecule has 118 valence electrons. The van der Waals surface area contributed by atoms with Crippen molar-refractivity contribution in [2.45, 2.75) is 25.9 Å². The van der Waals surface area contributed by atoms with E-state index in [0.717, 1.165) is 5.69 Å². The molecule has 0 unspecified atom stereocenters. The van der Waals surface area contributed by atoms with Crippen molar-refractivity contribution in [1.82, 2.24) is 19.7 Å². The molecule has 0 saturated carbocycles. The third-order valence-electron chi connectivity index (χ3n) is 3.40. The van der Waals surface area contributed by atoms with Crippen LogP contribution >= 0.6 is 0 Å². The van der Waals surface area contributed by atoms with Crippen LogP contribution < -0.4 is 5.32 Å². The summed E-state index contributed by atoms with van der Waals surface area (Å²) in [5.74, 6) is 0. The van der Waals surface area contributed by atoms with Crippen molar-refractivity contribution in [3.63, 3.8) is 0 Å². The number of amides is 2. The van der Waals surface area contributed by atoms with Gasteiger partial charge in [0.15, 0.2) is 0 Å². The van der Waals surface area contributed by atoms with Crippen molar-refractivity contribution in [1.29, 1.82) is 0 Å². The molecular formula is C15H21N5O2. The van der Waals surface area contributed by atoms with Gasteiger partial charge in [0.05, 0.1) is 36.8 Å². The van der Waals surface area contributed by atoms with Crippen molar-refractivity contribution < 1.29 is 9.90 Å². The van der Waals surface area contributed by atoms with Crippen molar-refractivity contribution in [2.75, 3.05) is 11.9 Å². The smallest absolute Gasteiger partial charge is 0.322 e. The SMILES string of the molecule is CC[C@H](CO)N(Cc1ccccn1)C(=O)Nc1cnn(C)c1. The fraction of sp³-hybridized carbons (Fsp3) is 0.400. The van der Waals surface area contributed by atoms with E-state index in [9.17, 15) is 9.90 Å². The number of aryl methyl sites for hydroxylation is 1. The molecule has 0 radical (unpaired) electrons. The minimum Gasteiger partial charge on any atom is -0.394 e. The van der Waals surface area contributed by atoms with Crippen molar-refractivity contribution >= 4 is 11.7 Å². The van der Waals surface area contributed by atoms with Gasteiger partial charge in [-0.05, 0) is 18.6 Å². The second kappa shape index (κ2) is 7.56. The van der Waals surface area contributed by atoms with E-state index in [2.05, 4.69) is 15.4 Å². The van der Waals surface area contributed by atoms with Gasteiger partial charge in [0.25, 0.3) is 0 Å². The zero-order chi connectivity index (χ0) is 15.9. The molecule has 22 heavy (non-hydrogen) atoms. The van der Waals surface area contributed by atoms with Gasteiger partial charge in [-0.3, -0.25) is 9.67 Å². The third-order valence-corrected chi connectivity index (χ3v) is 3.40. The first-order chi connectivity index (χ1) is 10.6. The molecule has 0 fully saturated rings. The number of aromatic nitrogens is 3. The van der Waals surface area contributed by atoms with Crippen molar-refractivity contribution in [3.8, 4) is 0 Å². The zero-order valence-corrected chi connectivity index (χ0v) is 12.8. The summed E-state index contributed by atoms with van der Waals surface area (Å²) >= 11 is 0. The highest BCUT2D eigenvalue weighted by Crippen LogP contribution is 2.13. The fourth-order valence-corrected chi connectivity index (χ4v) is 2.16. The predicted molar refractivity (Wildman–Crippen MR) is 83.2 cm³/mol. The van der Waals surface area contributed by atoms with Crippen molar-refractivity contribution in [3.05, 3.63) is 42.5 Å². The molecule has 0 bridgehead atoms. The number of hydrogen-bond donors (Lipinski definition) is 2. The van der Waals surface area contributed by atoms with E-state index in [1.54, 1.807) is 35.2 Å². The van der Waals surface area contributed by atoms with Crippen LogP contribution in [0, 0.1) is 0 Å². The summed E-state index contributed by atoms with van der Waals surface area (Å²) in [6, 6.07) is 5.01. The van der Waals surface area contributed by atoms with Gasteiger partial charge in [-0.15, -0.1) is 0 Å². The van der Waals surface area contributed by atoms with E-state index < -0.39 is 0 Å². The van der Waals surface area contributed by atoms with Crippen LogP contribution in [0.2, 0.25) is 0 Å². The highest BCUT2D eigenvalue weighted by molar-refractivity contribution is 5.89. The lowest BCUT2D eigenvalue weighted by atomic mass is 10.2. The summed E-state index contributed by atoms with van der Waals surface area (Å²) in [5, 5.41) is 16.4. The van der Waals surface area contributed by atoms with Gasteiger partial charge in [0, 0.05) is 19.4 Å². The van der Waals surface area contributed by atoms with E-state index >= 15 is 0 Å². The molecule has 0 aromatic carbocycles. The standard InChI is InChI=1S/C15H21N5O2/c1-3-14(11-21)20(10-12-6-4-5-7-16-12)15(22)18-13-8-17-19(2)9-13/h4-9,14,21H,3,10-11H2,1-2H3,(H,18,22)/t14-/m1/s1. The average Bonchev–Trinajstić information content (AvgIpc) is 2.93. The summed E-state index contributed by atoms with van der Waals surface area (Å²) in [6.07, 6.45) is 5.64. The number of aliphatic hydroxyl groups excluding tert-OH is 1. The van der Waals surface area contributed by atoms with Crippen LogP contribution in [0.25, 0.3) is 0 Å². The Labute approximate surface area is 129 Å². The Morgan fingerprint density at radius 3 is 2.86 bits per heavy atom. The fourth-order valence-electron chi connectivity index (χ4n) is 2.16. The molecule has 2 aromatic rings. The van der Waals surface area contributed by atoms with Crippen LogP contribution in [0.15, 0.2) is 36.8 Å². The predicted octanol–water partition coefficient (Wildman–Crippen LogP) is 1.62. The monoisotopic (exact) mass is 303 g/mol. The quantitative estimate of drug-likeness (QED) is 0.849. The second-order valence-corrected chi connectivity index (χ2v) is 5.03. The van der Waals surface area contributed by atoms with E-state index in [1.165, 1.54) is 0 Å². The Morgan fingerprint density at radius 1 is 1.50 bits per heavy atom. The lowest BCUT2D eigenvalue weighted by molar-refractivity contribution is 0.133. The van der Waals surface area contributed by atoms with E-state index in [-0.39, 0.29) is 18.7 Å². The topological polar surface area (TPSA) is 83.3 Å². The highest BCUT2D eigenvalue weighted by Gasteiger charge is 2.23. The van der Waals surface area contributed by atoms with E-state index in [4.69, 9.17) is 0 Å². The molecule has 7 nitrogen and oxygen atoms in total. The highest BCUT2D eigenvalue weighted by atomic mass is 16.3. The number of rotatable bonds is 6. The van der Waals surface area contributed by atoms with Crippen LogP contribution in [-0.2, 0) is 13.6 Å². The summed E-state index contributed by atoms with van der Waals surface area (Å²) in [5.41, 5.74) is 1.39. The summed E-state index contributed by atoms with van der Waals surface area (Å²) in [7, 11) is 1.78. The maximum atomic E-state index is 12.5. The largest absolute Gasteiger partial charge is 0.394 e. The third kappa shape index (κ3) is 4.05. The Kier molecular flexibility index (Phi) is 5.48. The number of hydrogen-bond acceptors (Lipinski definition) is 4. The molecular weight excluding hydrogens is 282 g/mol. The molecule has 2 rings (SSSR count). The molecule has 2 heterocycles. The van der Waals surface area contributed by atoms with Crippen molar-refractivity contribution in [2.24, 2.45) is 7.05 Å². The van der Waals surface area contributed by atoms with Crippen LogP contribution in [0.3, 0.4) is 0 Å². The molecule has 7 heteroatoms. The molecule has 0 aliphatic heterocycles. The molecule has 1 atom stereocenters. The Hall–Kier alpha value is -2.41. The van der Waals surface area contributed by atoms with E-state index in [1.807, 2.05) is 25.1 Å². The van der Waals surface area contributed by atoms with Gasteiger partial charge < -0.3 is 15.3 Å². The lowest BCUT2D eigenvalue weighted by Crippen LogP contribution is -2.44. The van der Waals surface area contributed by atoms with Crippen LogP contribution in [0.4, 0.5) is 10.5 Å². The number of anilines is 1. The first-order valence-electron chi connectivity index (χ1n) is 7.21. The normalized spacial score (nSPS) is 12.0. The molecule has 0 spiro atoms. The molecule has 2 N–H and O–H groups in total. The second-order valence-electron chi connectivity index (χ2n) is 5.03. The molecule has 0 aliphatic carbocycles. The van der Waals surface area contributed by atoms with Gasteiger partial charge in [-0.25, -0.2) is 4.79 Å². The maximum absolute atomic E-state index is 12.5.